The summed E-state index contributed by atoms with van der Waals surface area (Å²) in [4.78, 5) is 29.7. The normalized spacial score (nSPS) is 20.2. The van der Waals surface area contributed by atoms with Gasteiger partial charge in [0.1, 0.15) is 0 Å². The van der Waals surface area contributed by atoms with Crippen LogP contribution in [0.1, 0.15) is 23.2 Å². The van der Waals surface area contributed by atoms with E-state index in [1.54, 1.807) is 6.07 Å². The van der Waals surface area contributed by atoms with E-state index in [4.69, 9.17) is 4.74 Å². The zero-order valence-electron chi connectivity index (χ0n) is 15.4. The molecule has 2 aliphatic rings. The number of benzene rings is 1. The van der Waals surface area contributed by atoms with Crippen LogP contribution in [0.3, 0.4) is 0 Å². The maximum atomic E-state index is 12.1. The summed E-state index contributed by atoms with van der Waals surface area (Å²) >= 11 is 0. The zero-order valence-corrected chi connectivity index (χ0v) is 15.4. The number of esters is 1. The van der Waals surface area contributed by atoms with Crippen molar-refractivity contribution in [1.82, 2.24) is 9.80 Å². The van der Waals surface area contributed by atoms with E-state index in [-0.39, 0.29) is 11.3 Å². The van der Waals surface area contributed by atoms with E-state index in [0.29, 0.717) is 6.04 Å². The van der Waals surface area contributed by atoms with Gasteiger partial charge in [-0.3, -0.25) is 15.0 Å². The van der Waals surface area contributed by atoms with Gasteiger partial charge in [0.15, 0.2) is 0 Å². The number of methoxy groups -OCH3 is 1. The molecule has 1 aromatic rings. The van der Waals surface area contributed by atoms with Crippen molar-refractivity contribution < 1.29 is 14.5 Å². The highest BCUT2D eigenvalue weighted by atomic mass is 16.6. The number of anilines is 1. The number of nitro benzene ring substituents is 1. The summed E-state index contributed by atoms with van der Waals surface area (Å²) in [5, 5.41) is 11.0. The van der Waals surface area contributed by atoms with Crippen molar-refractivity contribution in [1.29, 1.82) is 0 Å². The minimum absolute atomic E-state index is 0.0959. The molecule has 26 heavy (non-hydrogen) atoms. The number of rotatable bonds is 4. The highest BCUT2D eigenvalue weighted by molar-refractivity contribution is 5.96. The van der Waals surface area contributed by atoms with Gasteiger partial charge in [-0.2, -0.15) is 0 Å². The Balaban J connectivity index is 1.70. The number of nitrogens with zero attached hydrogens (tertiary/aromatic N) is 4. The lowest BCUT2D eigenvalue weighted by molar-refractivity contribution is -0.384. The van der Waals surface area contributed by atoms with Gasteiger partial charge in [0.2, 0.25) is 0 Å². The maximum absolute atomic E-state index is 12.1. The second-order valence-corrected chi connectivity index (χ2v) is 7.01. The molecular weight excluding hydrogens is 336 g/mol. The first-order valence-electron chi connectivity index (χ1n) is 9.04. The van der Waals surface area contributed by atoms with Gasteiger partial charge in [-0.1, -0.05) is 0 Å². The number of likely N-dealkylation sites (N-methyl/N-ethyl adjacent to an activating group) is 1. The van der Waals surface area contributed by atoms with E-state index < -0.39 is 10.9 Å². The molecule has 142 valence electrons. The van der Waals surface area contributed by atoms with Crippen molar-refractivity contribution in [2.75, 3.05) is 58.3 Å². The fourth-order valence-electron chi connectivity index (χ4n) is 3.85. The smallest absolute Gasteiger partial charge is 0.340 e. The van der Waals surface area contributed by atoms with Crippen LogP contribution in [0, 0.1) is 10.1 Å². The number of nitro groups is 1. The predicted octanol–water partition coefficient (Wildman–Crippen LogP) is 1.60. The summed E-state index contributed by atoms with van der Waals surface area (Å²) in [6.07, 6.45) is 2.06. The molecule has 2 saturated heterocycles. The van der Waals surface area contributed by atoms with Gasteiger partial charge in [-0.05, 0) is 26.0 Å². The van der Waals surface area contributed by atoms with Crippen LogP contribution in [-0.2, 0) is 4.74 Å². The number of hydrogen-bond acceptors (Lipinski definition) is 7. The third kappa shape index (κ3) is 3.96. The molecular formula is C18H26N4O4. The molecule has 0 saturated carbocycles. The van der Waals surface area contributed by atoms with Crippen LogP contribution in [0.25, 0.3) is 0 Å². The minimum Gasteiger partial charge on any atom is -0.465 e. The molecule has 0 aliphatic carbocycles. The Labute approximate surface area is 153 Å². The summed E-state index contributed by atoms with van der Waals surface area (Å²) in [7, 11) is 3.45. The lowest BCUT2D eigenvalue weighted by Crippen LogP contribution is -2.52. The number of non-ortho nitro benzene ring substituents is 1. The molecule has 0 radical (unpaired) electrons. The Morgan fingerprint density at radius 1 is 1.15 bits per heavy atom. The Bertz CT molecular complexity index is 665. The van der Waals surface area contributed by atoms with Crippen molar-refractivity contribution in [2.45, 2.75) is 18.9 Å². The molecule has 0 atom stereocenters. The van der Waals surface area contributed by atoms with Crippen molar-refractivity contribution in [2.24, 2.45) is 0 Å². The Morgan fingerprint density at radius 2 is 1.81 bits per heavy atom. The number of ether oxygens (including phenoxy) is 1. The molecule has 2 fully saturated rings. The van der Waals surface area contributed by atoms with Gasteiger partial charge in [0.25, 0.3) is 5.69 Å². The Kier molecular flexibility index (Phi) is 5.73. The van der Waals surface area contributed by atoms with E-state index >= 15 is 0 Å². The molecule has 1 aromatic carbocycles. The number of carbonyl (C=O) groups is 1. The molecule has 0 bridgehead atoms. The van der Waals surface area contributed by atoms with E-state index in [0.717, 1.165) is 57.8 Å². The first-order valence-corrected chi connectivity index (χ1v) is 9.04. The lowest BCUT2D eigenvalue weighted by Gasteiger charge is -2.42. The summed E-state index contributed by atoms with van der Waals surface area (Å²) in [5.74, 6) is -0.537. The van der Waals surface area contributed by atoms with Crippen LogP contribution < -0.4 is 4.90 Å². The van der Waals surface area contributed by atoms with Crippen LogP contribution in [0.15, 0.2) is 18.2 Å². The van der Waals surface area contributed by atoms with Gasteiger partial charge >= 0.3 is 5.97 Å². The molecule has 0 aromatic heterocycles. The van der Waals surface area contributed by atoms with E-state index in [1.807, 2.05) is 0 Å². The zero-order chi connectivity index (χ0) is 18.7. The second-order valence-electron chi connectivity index (χ2n) is 7.01. The summed E-state index contributed by atoms with van der Waals surface area (Å²) in [5.41, 5.74) is 0.889. The monoisotopic (exact) mass is 362 g/mol. The molecule has 3 rings (SSSR count). The van der Waals surface area contributed by atoms with Gasteiger partial charge in [0, 0.05) is 57.4 Å². The SMILES string of the molecule is COC(=O)c1cc([N+](=O)[O-])ccc1N1CCC(N2CCN(C)CC2)CC1. The van der Waals surface area contributed by atoms with Gasteiger partial charge in [-0.25, -0.2) is 4.79 Å². The molecule has 0 spiro atoms. The third-order valence-corrected chi connectivity index (χ3v) is 5.46. The van der Waals surface area contributed by atoms with Crippen molar-refractivity contribution in [3.63, 3.8) is 0 Å². The Hall–Kier alpha value is -2.19. The largest absolute Gasteiger partial charge is 0.465 e. The van der Waals surface area contributed by atoms with Gasteiger partial charge < -0.3 is 14.5 Å². The quantitative estimate of drug-likeness (QED) is 0.457. The minimum atomic E-state index is -0.537. The molecule has 2 heterocycles. The van der Waals surface area contributed by atoms with Crippen molar-refractivity contribution in [3.05, 3.63) is 33.9 Å². The molecule has 0 unspecified atom stereocenters. The third-order valence-electron chi connectivity index (χ3n) is 5.46. The number of hydrogen-bond donors (Lipinski definition) is 0. The lowest BCUT2D eigenvalue weighted by atomic mass is 10.0. The average Bonchev–Trinajstić information content (AvgIpc) is 2.67. The summed E-state index contributed by atoms with van der Waals surface area (Å²) < 4.78 is 4.83. The molecule has 0 N–H and O–H groups in total. The fourth-order valence-corrected chi connectivity index (χ4v) is 3.85. The Morgan fingerprint density at radius 3 is 2.38 bits per heavy atom. The standard InChI is InChI=1S/C18H26N4O4/c1-19-9-11-20(12-10-19)14-5-7-21(8-6-14)17-4-3-15(22(24)25)13-16(17)18(23)26-2/h3-4,13-14H,5-12H2,1-2H3. The first kappa shape index (κ1) is 18.6. The van der Waals surface area contributed by atoms with Crippen LogP contribution in [0.2, 0.25) is 0 Å². The molecule has 2 aliphatic heterocycles. The van der Waals surface area contributed by atoms with Crippen LogP contribution in [0.4, 0.5) is 11.4 Å². The number of carbonyl (C=O) groups excluding carboxylic acids is 1. The van der Waals surface area contributed by atoms with E-state index in [2.05, 4.69) is 21.7 Å². The van der Waals surface area contributed by atoms with Gasteiger partial charge in [-0.15, -0.1) is 0 Å². The molecule has 0 amide bonds. The molecule has 8 heteroatoms. The fraction of sp³-hybridized carbons (Fsp3) is 0.611. The van der Waals surface area contributed by atoms with Crippen LogP contribution in [0.5, 0.6) is 0 Å². The second kappa shape index (κ2) is 8.01. The average molecular weight is 362 g/mol. The highest BCUT2D eigenvalue weighted by Gasteiger charge is 2.29. The molecule has 8 nitrogen and oxygen atoms in total. The topological polar surface area (TPSA) is 79.2 Å². The first-order chi connectivity index (χ1) is 12.5. The highest BCUT2D eigenvalue weighted by Crippen LogP contribution is 2.29. The van der Waals surface area contributed by atoms with E-state index in [1.165, 1.54) is 19.2 Å². The number of piperazine rings is 1. The number of piperidine rings is 1. The predicted molar refractivity (Wildman–Crippen MR) is 98.7 cm³/mol. The van der Waals surface area contributed by atoms with Crippen molar-refractivity contribution in [3.8, 4) is 0 Å². The maximum Gasteiger partial charge on any atom is 0.340 e. The van der Waals surface area contributed by atoms with Crippen LogP contribution >= 0.6 is 0 Å². The summed E-state index contributed by atoms with van der Waals surface area (Å²) in [6.45, 7) is 6.08. The summed E-state index contributed by atoms with van der Waals surface area (Å²) in [6, 6.07) is 5.00. The van der Waals surface area contributed by atoms with Crippen LogP contribution in [-0.4, -0.2) is 80.2 Å². The van der Waals surface area contributed by atoms with E-state index in [9.17, 15) is 14.9 Å². The van der Waals surface area contributed by atoms with Gasteiger partial charge in [0.05, 0.1) is 23.3 Å². The van der Waals surface area contributed by atoms with Crippen molar-refractivity contribution >= 4 is 17.3 Å².